The van der Waals surface area contributed by atoms with Crippen molar-refractivity contribution >= 4 is 17.0 Å². The van der Waals surface area contributed by atoms with Gasteiger partial charge in [0.25, 0.3) is 0 Å². The van der Waals surface area contributed by atoms with Gasteiger partial charge >= 0.3 is 0 Å². The highest BCUT2D eigenvalue weighted by Gasteiger charge is 2.20. The molecule has 2 aromatic rings. The lowest BCUT2D eigenvalue weighted by Gasteiger charge is -2.31. The molecule has 4 nitrogen and oxygen atoms in total. The van der Waals surface area contributed by atoms with Crippen LogP contribution >= 0.6 is 0 Å². The number of rotatable bonds is 3. The molecule has 1 aliphatic rings. The monoisotopic (exact) mass is 276 g/mol. The van der Waals surface area contributed by atoms with Crippen molar-refractivity contribution in [2.75, 3.05) is 25.4 Å². The van der Waals surface area contributed by atoms with Gasteiger partial charge in [0, 0.05) is 6.54 Å². The van der Waals surface area contributed by atoms with E-state index in [0.717, 1.165) is 37.2 Å². The zero-order chi connectivity index (χ0) is 14.1. The second-order valence-electron chi connectivity index (χ2n) is 5.59. The van der Waals surface area contributed by atoms with Gasteiger partial charge in [-0.25, -0.2) is 9.37 Å². The maximum Gasteiger partial charge on any atom is 0.201 e. The van der Waals surface area contributed by atoms with E-state index in [1.165, 1.54) is 25.0 Å². The van der Waals surface area contributed by atoms with E-state index in [9.17, 15) is 4.39 Å². The normalized spacial score (nSPS) is 17.9. The molecule has 3 rings (SSSR count). The summed E-state index contributed by atoms with van der Waals surface area (Å²) in [5.41, 5.74) is 7.57. The van der Waals surface area contributed by atoms with E-state index in [1.807, 2.05) is 4.57 Å². The van der Waals surface area contributed by atoms with Crippen LogP contribution in [0.25, 0.3) is 11.0 Å². The lowest BCUT2D eigenvalue weighted by atomic mass is 9.96. The van der Waals surface area contributed by atoms with Crippen LogP contribution in [0.1, 0.15) is 19.8 Å². The standard InChI is InChI=1S/C15H21FN4/c1-2-19-7-5-11(6-8-19)10-20-14-9-12(16)3-4-13(14)18-15(20)17/h3-4,9,11H,2,5-8,10H2,1H3,(H2,17,18). The molecule has 0 amide bonds. The minimum absolute atomic E-state index is 0.237. The SMILES string of the molecule is CCN1CCC(Cn2c(N)nc3ccc(F)cc32)CC1. The molecule has 2 heterocycles. The Kier molecular flexibility index (Phi) is 3.61. The Morgan fingerprint density at radius 2 is 2.10 bits per heavy atom. The molecule has 0 unspecified atom stereocenters. The minimum Gasteiger partial charge on any atom is -0.369 e. The van der Waals surface area contributed by atoms with Gasteiger partial charge in [-0.1, -0.05) is 6.92 Å². The summed E-state index contributed by atoms with van der Waals surface area (Å²) >= 11 is 0. The van der Waals surface area contributed by atoms with E-state index < -0.39 is 0 Å². The van der Waals surface area contributed by atoms with Crippen molar-refractivity contribution < 1.29 is 4.39 Å². The third-order valence-corrected chi connectivity index (χ3v) is 4.33. The topological polar surface area (TPSA) is 47.1 Å². The van der Waals surface area contributed by atoms with Crippen LogP contribution in [0, 0.1) is 11.7 Å². The van der Waals surface area contributed by atoms with Crippen molar-refractivity contribution in [1.82, 2.24) is 14.5 Å². The molecule has 1 saturated heterocycles. The molecule has 20 heavy (non-hydrogen) atoms. The van der Waals surface area contributed by atoms with Gasteiger partial charge in [-0.2, -0.15) is 0 Å². The number of hydrogen-bond donors (Lipinski definition) is 1. The molecule has 2 N–H and O–H groups in total. The number of piperidine rings is 1. The number of benzene rings is 1. The van der Waals surface area contributed by atoms with Crippen molar-refractivity contribution in [2.45, 2.75) is 26.3 Å². The quantitative estimate of drug-likeness (QED) is 0.937. The van der Waals surface area contributed by atoms with Gasteiger partial charge in [-0.15, -0.1) is 0 Å². The van der Waals surface area contributed by atoms with Crippen LogP contribution in [0.15, 0.2) is 18.2 Å². The second kappa shape index (κ2) is 5.40. The number of nitrogen functional groups attached to an aromatic ring is 1. The molecule has 0 aliphatic carbocycles. The number of aromatic nitrogens is 2. The highest BCUT2D eigenvalue weighted by Crippen LogP contribution is 2.24. The maximum absolute atomic E-state index is 13.4. The first-order chi connectivity index (χ1) is 9.67. The molecule has 0 spiro atoms. The number of likely N-dealkylation sites (tertiary alicyclic amines) is 1. The van der Waals surface area contributed by atoms with Crippen LogP contribution in [-0.2, 0) is 6.54 Å². The fourth-order valence-electron chi connectivity index (χ4n) is 3.05. The average molecular weight is 276 g/mol. The summed E-state index contributed by atoms with van der Waals surface area (Å²) in [4.78, 5) is 6.78. The van der Waals surface area contributed by atoms with Gasteiger partial charge in [-0.05, 0) is 56.6 Å². The predicted octanol–water partition coefficient (Wildman–Crippen LogP) is 2.49. The van der Waals surface area contributed by atoms with Gasteiger partial charge in [0.05, 0.1) is 11.0 Å². The number of fused-ring (bicyclic) bond motifs is 1. The first-order valence-corrected chi connectivity index (χ1v) is 7.31. The van der Waals surface area contributed by atoms with Crippen LogP contribution in [0.2, 0.25) is 0 Å². The smallest absolute Gasteiger partial charge is 0.201 e. The van der Waals surface area contributed by atoms with Crippen molar-refractivity contribution in [3.8, 4) is 0 Å². The summed E-state index contributed by atoms with van der Waals surface area (Å²) in [6, 6.07) is 4.65. The Bertz CT molecular complexity index is 599. The second-order valence-corrected chi connectivity index (χ2v) is 5.59. The van der Waals surface area contributed by atoms with E-state index in [2.05, 4.69) is 16.8 Å². The molecule has 0 bridgehead atoms. The van der Waals surface area contributed by atoms with E-state index in [-0.39, 0.29) is 5.82 Å². The summed E-state index contributed by atoms with van der Waals surface area (Å²) in [5, 5.41) is 0. The Labute approximate surface area is 118 Å². The Balaban J connectivity index is 1.80. The summed E-state index contributed by atoms with van der Waals surface area (Å²) in [5.74, 6) is 0.851. The molecule has 5 heteroatoms. The van der Waals surface area contributed by atoms with Crippen molar-refractivity contribution in [2.24, 2.45) is 5.92 Å². The van der Waals surface area contributed by atoms with Crippen molar-refractivity contribution in [1.29, 1.82) is 0 Å². The third kappa shape index (κ3) is 2.50. The molecule has 108 valence electrons. The van der Waals surface area contributed by atoms with Crippen molar-refractivity contribution in [3.63, 3.8) is 0 Å². The van der Waals surface area contributed by atoms with Crippen LogP contribution in [0.5, 0.6) is 0 Å². The number of anilines is 1. The fourth-order valence-corrected chi connectivity index (χ4v) is 3.05. The molecule has 0 radical (unpaired) electrons. The number of hydrogen-bond acceptors (Lipinski definition) is 3. The van der Waals surface area contributed by atoms with E-state index in [1.54, 1.807) is 6.07 Å². The average Bonchev–Trinajstić information content (AvgIpc) is 2.76. The first-order valence-electron chi connectivity index (χ1n) is 7.31. The molecular formula is C15H21FN4. The number of nitrogens with zero attached hydrogens (tertiary/aromatic N) is 3. The highest BCUT2D eigenvalue weighted by atomic mass is 19.1. The summed E-state index contributed by atoms with van der Waals surface area (Å²) < 4.78 is 15.4. The third-order valence-electron chi connectivity index (χ3n) is 4.33. The van der Waals surface area contributed by atoms with Crippen LogP contribution in [0.4, 0.5) is 10.3 Å². The van der Waals surface area contributed by atoms with Crippen LogP contribution < -0.4 is 5.73 Å². The summed E-state index contributed by atoms with van der Waals surface area (Å²) in [6.45, 7) is 6.44. The first kappa shape index (κ1) is 13.4. The lowest BCUT2D eigenvalue weighted by Crippen LogP contribution is -2.34. The number of imidazole rings is 1. The Morgan fingerprint density at radius 1 is 1.35 bits per heavy atom. The molecule has 1 aromatic heterocycles. The molecule has 1 fully saturated rings. The van der Waals surface area contributed by atoms with Gasteiger partial charge in [0.1, 0.15) is 5.82 Å². The summed E-state index contributed by atoms with van der Waals surface area (Å²) in [7, 11) is 0. The Hall–Kier alpha value is -1.62. The van der Waals surface area contributed by atoms with Gasteiger partial charge < -0.3 is 15.2 Å². The van der Waals surface area contributed by atoms with Gasteiger partial charge in [0.15, 0.2) is 0 Å². The molecule has 1 aliphatic heterocycles. The van der Waals surface area contributed by atoms with E-state index in [0.29, 0.717) is 11.9 Å². The van der Waals surface area contributed by atoms with Crippen molar-refractivity contribution in [3.05, 3.63) is 24.0 Å². The largest absolute Gasteiger partial charge is 0.369 e. The highest BCUT2D eigenvalue weighted by molar-refractivity contribution is 5.78. The van der Waals surface area contributed by atoms with Crippen LogP contribution in [-0.4, -0.2) is 34.1 Å². The molecule has 1 aromatic carbocycles. The predicted molar refractivity (Wildman–Crippen MR) is 78.9 cm³/mol. The van der Waals surface area contributed by atoms with Crippen LogP contribution in [0.3, 0.4) is 0 Å². The zero-order valence-corrected chi connectivity index (χ0v) is 11.8. The maximum atomic E-state index is 13.4. The Morgan fingerprint density at radius 3 is 2.80 bits per heavy atom. The lowest BCUT2D eigenvalue weighted by molar-refractivity contribution is 0.182. The van der Waals surface area contributed by atoms with Gasteiger partial charge in [0.2, 0.25) is 5.95 Å². The number of halogens is 1. The van der Waals surface area contributed by atoms with E-state index in [4.69, 9.17) is 5.73 Å². The molecule has 0 saturated carbocycles. The summed E-state index contributed by atoms with van der Waals surface area (Å²) in [6.07, 6.45) is 2.34. The van der Waals surface area contributed by atoms with Gasteiger partial charge in [-0.3, -0.25) is 0 Å². The fraction of sp³-hybridized carbons (Fsp3) is 0.533. The minimum atomic E-state index is -0.237. The molecule has 0 atom stereocenters. The zero-order valence-electron chi connectivity index (χ0n) is 11.8. The van der Waals surface area contributed by atoms with E-state index >= 15 is 0 Å². The number of nitrogens with two attached hydrogens (primary N) is 1. The molecular weight excluding hydrogens is 255 g/mol.